The average Bonchev–Trinajstić information content (AvgIpc) is 3.21. The summed E-state index contributed by atoms with van der Waals surface area (Å²) < 4.78 is 7.39. The second kappa shape index (κ2) is 9.56. The summed E-state index contributed by atoms with van der Waals surface area (Å²) in [5.74, 6) is 5.96. The van der Waals surface area contributed by atoms with Gasteiger partial charge in [0, 0.05) is 38.0 Å². The molecule has 2 aromatic heterocycles. The van der Waals surface area contributed by atoms with Crippen LogP contribution in [0.4, 0.5) is 0 Å². The lowest BCUT2D eigenvalue weighted by atomic mass is 10.1. The molecule has 1 amide bonds. The lowest BCUT2D eigenvalue weighted by Gasteiger charge is -2.21. The Hall–Kier alpha value is -3.47. The maximum Gasteiger partial charge on any atom is 0.255 e. The van der Waals surface area contributed by atoms with Gasteiger partial charge in [-0.05, 0) is 11.6 Å². The Morgan fingerprint density at radius 3 is 2.94 bits per heavy atom. The fourth-order valence-electron chi connectivity index (χ4n) is 3.51. The van der Waals surface area contributed by atoms with Gasteiger partial charge < -0.3 is 14.7 Å². The Labute approximate surface area is 181 Å². The number of carbonyl (C=O) groups excluding carboxylic acids is 1. The highest BCUT2D eigenvalue weighted by Crippen LogP contribution is 2.13. The number of aliphatic hydroxyl groups is 1. The zero-order chi connectivity index (χ0) is 21.6. The maximum absolute atomic E-state index is 12.8. The minimum absolute atomic E-state index is 0.209. The van der Waals surface area contributed by atoms with E-state index in [-0.39, 0.29) is 12.5 Å². The molecule has 3 aromatic rings. The lowest BCUT2D eigenvalue weighted by molar-refractivity contribution is 0.0681. The van der Waals surface area contributed by atoms with E-state index in [0.717, 1.165) is 23.4 Å². The number of pyridine rings is 1. The third-order valence-electron chi connectivity index (χ3n) is 5.11. The van der Waals surface area contributed by atoms with Crippen LogP contribution >= 0.6 is 0 Å². The van der Waals surface area contributed by atoms with Crippen molar-refractivity contribution in [3.05, 3.63) is 82.9 Å². The Kier molecular flexibility index (Phi) is 6.41. The van der Waals surface area contributed by atoms with Crippen molar-refractivity contribution < 1.29 is 14.6 Å². The SMILES string of the molecule is CN(C[C@@H](O)Cc1ccccc1)C(=O)c1cncc(C#Cc2cnn3c2COCC3)c1. The number of fused-ring (bicyclic) bond motifs is 1. The van der Waals surface area contributed by atoms with Crippen molar-refractivity contribution in [2.75, 3.05) is 20.2 Å². The molecule has 1 aliphatic rings. The molecule has 0 aliphatic carbocycles. The van der Waals surface area contributed by atoms with Gasteiger partial charge in [0.15, 0.2) is 0 Å². The van der Waals surface area contributed by atoms with Crippen LogP contribution < -0.4 is 0 Å². The molecular weight excluding hydrogens is 392 g/mol. The summed E-state index contributed by atoms with van der Waals surface area (Å²) in [4.78, 5) is 18.5. The standard InChI is InChI=1S/C24H24N4O3/c1-27(16-22(29)12-18-5-3-2-4-6-18)24(30)21-11-19(13-25-14-21)7-8-20-15-26-28-9-10-31-17-23(20)28/h2-6,11,13-15,22,29H,9-10,12,16-17H2,1H3/t22-/m0/s1. The minimum atomic E-state index is -0.650. The van der Waals surface area contributed by atoms with Crippen LogP contribution in [0.5, 0.6) is 0 Å². The first kappa shape index (κ1) is 20.8. The van der Waals surface area contributed by atoms with Crippen molar-refractivity contribution in [1.82, 2.24) is 19.7 Å². The molecule has 1 atom stereocenters. The van der Waals surface area contributed by atoms with Crippen LogP contribution in [0.25, 0.3) is 0 Å². The van der Waals surface area contributed by atoms with Crippen LogP contribution in [0.15, 0.2) is 55.0 Å². The van der Waals surface area contributed by atoms with Crippen LogP contribution in [0.3, 0.4) is 0 Å². The van der Waals surface area contributed by atoms with Crippen LogP contribution in [0, 0.1) is 11.8 Å². The topological polar surface area (TPSA) is 80.5 Å². The average molecular weight is 416 g/mol. The van der Waals surface area contributed by atoms with E-state index in [9.17, 15) is 9.90 Å². The molecule has 1 aromatic carbocycles. The van der Waals surface area contributed by atoms with Gasteiger partial charge in [-0.1, -0.05) is 42.2 Å². The minimum Gasteiger partial charge on any atom is -0.391 e. The Morgan fingerprint density at radius 2 is 2.10 bits per heavy atom. The molecule has 0 radical (unpaired) electrons. The zero-order valence-corrected chi connectivity index (χ0v) is 17.4. The lowest BCUT2D eigenvalue weighted by Crippen LogP contribution is -2.35. The molecule has 1 N–H and O–H groups in total. The molecule has 0 saturated carbocycles. The van der Waals surface area contributed by atoms with E-state index in [1.54, 1.807) is 25.5 Å². The van der Waals surface area contributed by atoms with Gasteiger partial charge >= 0.3 is 0 Å². The molecule has 0 saturated heterocycles. The summed E-state index contributed by atoms with van der Waals surface area (Å²) in [6.45, 7) is 2.11. The van der Waals surface area contributed by atoms with Crippen molar-refractivity contribution in [3.63, 3.8) is 0 Å². The molecule has 0 bridgehead atoms. The number of nitrogens with zero attached hydrogens (tertiary/aromatic N) is 4. The van der Waals surface area contributed by atoms with Gasteiger partial charge in [0.2, 0.25) is 0 Å². The van der Waals surface area contributed by atoms with E-state index < -0.39 is 6.10 Å². The summed E-state index contributed by atoms with van der Waals surface area (Å²) in [7, 11) is 1.67. The number of hydrogen-bond acceptors (Lipinski definition) is 5. The molecule has 3 heterocycles. The Bertz CT molecular complexity index is 1110. The molecule has 0 fully saturated rings. The molecule has 31 heavy (non-hydrogen) atoms. The van der Waals surface area contributed by atoms with Crippen molar-refractivity contribution in [2.45, 2.75) is 25.7 Å². The highest BCUT2D eigenvalue weighted by atomic mass is 16.5. The summed E-state index contributed by atoms with van der Waals surface area (Å²) in [5.41, 5.74) is 3.88. The highest BCUT2D eigenvalue weighted by Gasteiger charge is 2.17. The van der Waals surface area contributed by atoms with Gasteiger partial charge in [0.05, 0.1) is 48.9 Å². The number of rotatable bonds is 5. The van der Waals surface area contributed by atoms with Crippen molar-refractivity contribution in [1.29, 1.82) is 0 Å². The highest BCUT2D eigenvalue weighted by molar-refractivity contribution is 5.94. The number of aromatic nitrogens is 3. The van der Waals surface area contributed by atoms with Gasteiger partial charge in [-0.25, -0.2) is 0 Å². The number of ether oxygens (including phenoxy) is 1. The Morgan fingerprint density at radius 1 is 1.26 bits per heavy atom. The molecule has 7 nitrogen and oxygen atoms in total. The van der Waals surface area contributed by atoms with Gasteiger partial charge in [-0.15, -0.1) is 0 Å². The predicted molar refractivity (Wildman–Crippen MR) is 115 cm³/mol. The smallest absolute Gasteiger partial charge is 0.255 e. The fraction of sp³-hybridized carbons (Fsp3) is 0.292. The van der Waals surface area contributed by atoms with Crippen LogP contribution in [0.1, 0.15) is 32.7 Å². The molecule has 158 valence electrons. The van der Waals surface area contributed by atoms with E-state index >= 15 is 0 Å². The van der Waals surface area contributed by atoms with E-state index in [4.69, 9.17) is 4.74 Å². The van der Waals surface area contributed by atoms with Crippen LogP contribution in [-0.2, 0) is 24.3 Å². The van der Waals surface area contributed by atoms with Gasteiger partial charge in [-0.3, -0.25) is 14.5 Å². The number of carbonyl (C=O) groups is 1. The zero-order valence-electron chi connectivity index (χ0n) is 17.4. The van der Waals surface area contributed by atoms with E-state index in [2.05, 4.69) is 21.9 Å². The molecule has 4 rings (SSSR count). The largest absolute Gasteiger partial charge is 0.391 e. The van der Waals surface area contributed by atoms with Crippen LogP contribution in [-0.4, -0.2) is 57.0 Å². The number of likely N-dealkylation sites (N-methyl/N-ethyl adjacent to an activating group) is 1. The van der Waals surface area contributed by atoms with E-state index in [0.29, 0.717) is 30.8 Å². The first-order valence-electron chi connectivity index (χ1n) is 10.2. The molecule has 1 aliphatic heterocycles. The first-order chi connectivity index (χ1) is 15.1. The molecule has 0 unspecified atom stereocenters. The summed E-state index contributed by atoms with van der Waals surface area (Å²) in [6.07, 6.45) is 4.72. The quantitative estimate of drug-likeness (QED) is 0.643. The van der Waals surface area contributed by atoms with Gasteiger partial charge in [0.25, 0.3) is 5.91 Å². The predicted octanol–water partition coefficient (Wildman–Crippen LogP) is 1.88. The third kappa shape index (κ3) is 5.18. The number of benzene rings is 1. The first-order valence-corrected chi connectivity index (χ1v) is 10.2. The number of aliphatic hydroxyl groups excluding tert-OH is 1. The van der Waals surface area contributed by atoms with Gasteiger partial charge in [0.1, 0.15) is 0 Å². The van der Waals surface area contributed by atoms with Crippen molar-refractivity contribution in [2.24, 2.45) is 0 Å². The summed E-state index contributed by atoms with van der Waals surface area (Å²) in [5, 5.41) is 14.7. The van der Waals surface area contributed by atoms with Gasteiger partial charge in [-0.2, -0.15) is 5.10 Å². The Balaban J connectivity index is 1.42. The molecule has 7 heteroatoms. The second-order valence-corrected chi connectivity index (χ2v) is 7.52. The molecular formula is C24H24N4O3. The molecule has 0 spiro atoms. The van der Waals surface area contributed by atoms with Crippen LogP contribution in [0.2, 0.25) is 0 Å². The second-order valence-electron chi connectivity index (χ2n) is 7.52. The summed E-state index contributed by atoms with van der Waals surface area (Å²) in [6, 6.07) is 11.4. The monoisotopic (exact) mass is 416 g/mol. The van der Waals surface area contributed by atoms with E-state index in [1.807, 2.05) is 35.0 Å². The van der Waals surface area contributed by atoms with Crippen molar-refractivity contribution >= 4 is 5.91 Å². The fourth-order valence-corrected chi connectivity index (χ4v) is 3.51. The normalized spacial score (nSPS) is 13.6. The number of hydrogen-bond donors (Lipinski definition) is 1. The summed E-state index contributed by atoms with van der Waals surface area (Å²) >= 11 is 0. The third-order valence-corrected chi connectivity index (χ3v) is 5.11. The van der Waals surface area contributed by atoms with Crippen molar-refractivity contribution in [3.8, 4) is 11.8 Å². The maximum atomic E-state index is 12.8. The number of amides is 1. The van der Waals surface area contributed by atoms with E-state index in [1.165, 1.54) is 11.1 Å².